The average Bonchev–Trinajstić information content (AvgIpc) is 4.11. The van der Waals surface area contributed by atoms with E-state index in [-0.39, 0.29) is 0 Å². The summed E-state index contributed by atoms with van der Waals surface area (Å²) in [6.07, 6.45) is 0. The number of hydrogen-bond donors (Lipinski definition) is 0. The molecule has 0 radical (unpaired) electrons. The maximum absolute atomic E-state index is 15.5. The molecular formula is C61H35F2N5. The van der Waals surface area contributed by atoms with E-state index in [1.54, 1.807) is 0 Å². The molecule has 5 nitrogen and oxygen atoms in total. The highest BCUT2D eigenvalue weighted by Gasteiger charge is 2.27. The SMILES string of the molecule is N#Cc1c(-n2c3ccccc3c3ccc4c5ccccc5n(-c5ccccc5)c4c32)cc(-c2cc(F)cc(F)c2)cc1-n1c2ccccc2c2ccc3c4ccccc4n(-c4ccccc4)c3c21. The van der Waals surface area contributed by atoms with E-state index in [1.165, 1.54) is 12.1 Å². The third-order valence-electron chi connectivity index (χ3n) is 13.9. The molecule has 0 bridgehead atoms. The largest absolute Gasteiger partial charge is 0.307 e. The van der Waals surface area contributed by atoms with Crippen molar-refractivity contribution in [3.05, 3.63) is 230 Å². The first kappa shape index (κ1) is 38.1. The number of halogens is 2. The Morgan fingerprint density at radius 3 is 0.985 bits per heavy atom. The summed E-state index contributed by atoms with van der Waals surface area (Å²) in [4.78, 5) is 0. The molecule has 318 valence electrons. The van der Waals surface area contributed by atoms with Gasteiger partial charge in [0, 0.05) is 60.5 Å². The van der Waals surface area contributed by atoms with Crippen LogP contribution in [-0.4, -0.2) is 18.3 Å². The van der Waals surface area contributed by atoms with Crippen molar-refractivity contribution in [3.63, 3.8) is 0 Å². The highest BCUT2D eigenvalue weighted by atomic mass is 19.1. The van der Waals surface area contributed by atoms with Crippen molar-refractivity contribution in [1.29, 1.82) is 5.26 Å². The van der Waals surface area contributed by atoms with Crippen molar-refractivity contribution in [1.82, 2.24) is 18.3 Å². The van der Waals surface area contributed by atoms with E-state index in [2.05, 4.69) is 146 Å². The lowest BCUT2D eigenvalue weighted by atomic mass is 9.99. The van der Waals surface area contributed by atoms with Gasteiger partial charge in [0.1, 0.15) is 23.3 Å². The van der Waals surface area contributed by atoms with Gasteiger partial charge in [0.05, 0.1) is 55.5 Å². The van der Waals surface area contributed by atoms with Crippen LogP contribution in [0.2, 0.25) is 0 Å². The number of aromatic nitrogens is 4. The predicted molar refractivity (Wildman–Crippen MR) is 274 cm³/mol. The van der Waals surface area contributed by atoms with Gasteiger partial charge in [-0.25, -0.2) is 8.78 Å². The van der Waals surface area contributed by atoms with Crippen LogP contribution in [0.3, 0.4) is 0 Å². The van der Waals surface area contributed by atoms with Crippen molar-refractivity contribution in [3.8, 4) is 39.9 Å². The smallest absolute Gasteiger partial charge is 0.126 e. The molecule has 0 N–H and O–H groups in total. The molecule has 0 amide bonds. The normalized spacial score (nSPS) is 12.0. The van der Waals surface area contributed by atoms with Crippen LogP contribution in [-0.2, 0) is 0 Å². The first-order valence-electron chi connectivity index (χ1n) is 22.6. The van der Waals surface area contributed by atoms with Crippen LogP contribution in [0.25, 0.3) is 121 Å². The summed E-state index contributed by atoms with van der Waals surface area (Å²) < 4.78 is 40.0. The van der Waals surface area contributed by atoms with E-state index < -0.39 is 11.6 Å². The molecule has 14 aromatic rings. The third-order valence-corrected chi connectivity index (χ3v) is 13.9. The van der Waals surface area contributed by atoms with Crippen molar-refractivity contribution in [2.45, 2.75) is 0 Å². The molecule has 14 rings (SSSR count). The van der Waals surface area contributed by atoms with Gasteiger partial charge in [0.15, 0.2) is 0 Å². The minimum absolute atomic E-state index is 0.350. The Kier molecular flexibility index (Phi) is 8.05. The molecule has 0 saturated carbocycles. The van der Waals surface area contributed by atoms with Crippen LogP contribution < -0.4 is 0 Å². The zero-order valence-corrected chi connectivity index (χ0v) is 36.2. The van der Waals surface area contributed by atoms with E-state index >= 15 is 8.78 Å². The van der Waals surface area contributed by atoms with Crippen molar-refractivity contribution < 1.29 is 8.78 Å². The van der Waals surface area contributed by atoms with Crippen LogP contribution >= 0.6 is 0 Å². The number of nitrogens with zero attached hydrogens (tertiary/aromatic N) is 5. The molecule has 7 heteroatoms. The van der Waals surface area contributed by atoms with E-state index in [4.69, 9.17) is 0 Å². The Balaban J connectivity index is 1.21. The van der Waals surface area contributed by atoms with Crippen LogP contribution in [0.1, 0.15) is 5.56 Å². The number of hydrogen-bond acceptors (Lipinski definition) is 1. The van der Waals surface area contributed by atoms with Gasteiger partial charge in [-0.15, -0.1) is 0 Å². The monoisotopic (exact) mass is 875 g/mol. The van der Waals surface area contributed by atoms with Gasteiger partial charge >= 0.3 is 0 Å². The molecule has 0 aliphatic heterocycles. The Labute approximate surface area is 387 Å². The molecule has 4 heterocycles. The number of para-hydroxylation sites is 6. The number of nitriles is 1. The Morgan fingerprint density at radius 2 is 0.618 bits per heavy atom. The summed E-state index contributed by atoms with van der Waals surface area (Å²) in [6.45, 7) is 0. The third kappa shape index (κ3) is 5.28. The van der Waals surface area contributed by atoms with Crippen LogP contribution in [0.15, 0.2) is 212 Å². The van der Waals surface area contributed by atoms with Gasteiger partial charge < -0.3 is 18.3 Å². The molecule has 0 fully saturated rings. The lowest BCUT2D eigenvalue weighted by Gasteiger charge is -2.20. The van der Waals surface area contributed by atoms with Gasteiger partial charge in [-0.05, 0) is 83.9 Å². The number of fused-ring (bicyclic) bond motifs is 14. The molecule has 68 heavy (non-hydrogen) atoms. The highest BCUT2D eigenvalue weighted by molar-refractivity contribution is 6.25. The molecule has 4 aromatic heterocycles. The summed E-state index contributed by atoms with van der Waals surface area (Å²) >= 11 is 0. The van der Waals surface area contributed by atoms with E-state index in [0.717, 1.165) is 105 Å². The predicted octanol–water partition coefficient (Wildman–Crippen LogP) is 15.9. The Hall–Kier alpha value is -9.25. The van der Waals surface area contributed by atoms with Crippen molar-refractivity contribution >= 4 is 87.2 Å². The Bertz CT molecular complexity index is 4200. The van der Waals surface area contributed by atoms with Crippen molar-refractivity contribution in [2.24, 2.45) is 0 Å². The van der Waals surface area contributed by atoms with E-state index in [1.807, 2.05) is 72.8 Å². The van der Waals surface area contributed by atoms with Gasteiger partial charge in [-0.2, -0.15) is 5.26 Å². The van der Waals surface area contributed by atoms with E-state index in [9.17, 15) is 5.26 Å². The van der Waals surface area contributed by atoms with Crippen LogP contribution in [0.5, 0.6) is 0 Å². The molecule has 0 spiro atoms. The summed E-state index contributed by atoms with van der Waals surface area (Å²) in [7, 11) is 0. The Morgan fingerprint density at radius 1 is 0.309 bits per heavy atom. The standard InChI is InChI=1S/C61H35F2N5/c62-39-31-37(32-40(63)35-39)38-33-56(67-54-25-13-9-21-45(54)49-29-27-47-43-19-7-11-23-52(43)65(58(47)60(49)67)41-15-3-1-4-16-41)51(36-64)57(34-38)68-55-26-14-10-22-46(55)50-30-28-48-44-20-8-12-24-53(44)66(59(48)61(50)68)42-17-5-2-6-18-42/h1-35H. The topological polar surface area (TPSA) is 43.5 Å². The molecule has 0 atom stereocenters. The zero-order chi connectivity index (χ0) is 45.2. The summed E-state index contributed by atoms with van der Waals surface area (Å²) in [5.74, 6) is -1.38. The lowest BCUT2D eigenvalue weighted by molar-refractivity contribution is 0.584. The summed E-state index contributed by atoms with van der Waals surface area (Å²) in [6, 6.07) is 73.2. The fourth-order valence-electron chi connectivity index (χ4n) is 11.2. The average molecular weight is 876 g/mol. The van der Waals surface area contributed by atoms with Gasteiger partial charge in [-0.1, -0.05) is 133 Å². The van der Waals surface area contributed by atoms with Crippen LogP contribution in [0, 0.1) is 23.0 Å². The maximum atomic E-state index is 15.5. The zero-order valence-electron chi connectivity index (χ0n) is 36.2. The van der Waals surface area contributed by atoms with Gasteiger partial charge in [0.25, 0.3) is 0 Å². The second-order valence-electron chi connectivity index (χ2n) is 17.5. The molecule has 0 aliphatic rings. The first-order valence-corrected chi connectivity index (χ1v) is 22.6. The van der Waals surface area contributed by atoms with Gasteiger partial charge in [0.2, 0.25) is 0 Å². The summed E-state index contributed by atoms with van der Waals surface area (Å²) in [5.41, 5.74) is 12.1. The number of rotatable bonds is 5. The second-order valence-corrected chi connectivity index (χ2v) is 17.5. The fraction of sp³-hybridized carbons (Fsp3) is 0. The molecule has 0 aliphatic carbocycles. The maximum Gasteiger partial charge on any atom is 0.126 e. The molecule has 0 saturated heterocycles. The minimum Gasteiger partial charge on any atom is -0.307 e. The quantitative estimate of drug-likeness (QED) is 0.170. The van der Waals surface area contributed by atoms with E-state index in [0.29, 0.717) is 28.1 Å². The first-order chi connectivity index (χ1) is 33.6. The lowest BCUT2D eigenvalue weighted by Crippen LogP contribution is -2.07. The summed E-state index contributed by atoms with van der Waals surface area (Å²) in [5, 5.41) is 20.3. The fourth-order valence-corrected chi connectivity index (χ4v) is 11.2. The molecular weight excluding hydrogens is 841 g/mol. The molecule has 10 aromatic carbocycles. The van der Waals surface area contributed by atoms with Crippen LogP contribution in [0.4, 0.5) is 8.78 Å². The van der Waals surface area contributed by atoms with Crippen molar-refractivity contribution in [2.75, 3.05) is 0 Å². The highest BCUT2D eigenvalue weighted by Crippen LogP contribution is 2.46. The molecule has 0 unspecified atom stereocenters. The number of benzene rings is 10. The minimum atomic E-state index is -0.690. The van der Waals surface area contributed by atoms with Gasteiger partial charge in [-0.3, -0.25) is 0 Å². The second kappa shape index (κ2) is 14.4.